The summed E-state index contributed by atoms with van der Waals surface area (Å²) in [7, 11) is 4.10. The number of rotatable bonds is 7. The second-order valence-electron chi connectivity index (χ2n) is 6.11. The van der Waals surface area contributed by atoms with Gasteiger partial charge in [-0.05, 0) is 24.6 Å². The van der Waals surface area contributed by atoms with E-state index in [-0.39, 0.29) is 6.47 Å². The first-order chi connectivity index (χ1) is 12.6. The summed E-state index contributed by atoms with van der Waals surface area (Å²) >= 11 is 0. The summed E-state index contributed by atoms with van der Waals surface area (Å²) in [6.07, 6.45) is 8.90. The number of aryl methyl sites for hydroxylation is 1. The lowest BCUT2D eigenvalue weighted by Crippen LogP contribution is -2.22. The number of carbonyl (C=O) groups is 1. The molecular weight excluding hydrogens is 330 g/mol. The van der Waals surface area contributed by atoms with Crippen molar-refractivity contribution in [2.24, 2.45) is 7.05 Å². The van der Waals surface area contributed by atoms with Crippen LogP contribution in [0.3, 0.4) is 0 Å². The van der Waals surface area contributed by atoms with Crippen LogP contribution in [0.4, 0.5) is 0 Å². The monoisotopic (exact) mass is 355 g/mol. The summed E-state index contributed by atoms with van der Waals surface area (Å²) in [6, 6.07) is 10.5. The van der Waals surface area contributed by atoms with Crippen molar-refractivity contribution in [3.05, 3.63) is 72.1 Å². The van der Waals surface area contributed by atoms with Gasteiger partial charge in [0.1, 0.15) is 0 Å². The molecule has 7 heteroatoms. The Labute approximate surface area is 153 Å². The van der Waals surface area contributed by atoms with Gasteiger partial charge in [0.15, 0.2) is 0 Å². The molecule has 138 valence electrons. The normalized spacial score (nSPS) is 10.4. The number of imidazole rings is 1. The molecule has 0 fully saturated rings. The van der Waals surface area contributed by atoms with E-state index in [1.54, 1.807) is 0 Å². The fraction of sp³-hybridized carbons (Fsp3) is 0.316. The van der Waals surface area contributed by atoms with E-state index in [0.29, 0.717) is 0 Å². The molecule has 1 aromatic carbocycles. The SMILES string of the molecule is CN(CCc1cnn(C)c1)Cc1cncn1Cc1ccccc1.O=CO. The van der Waals surface area contributed by atoms with Crippen LogP contribution in [0.2, 0.25) is 0 Å². The van der Waals surface area contributed by atoms with Crippen LogP contribution in [-0.2, 0) is 31.4 Å². The fourth-order valence-electron chi connectivity index (χ4n) is 2.68. The molecule has 2 heterocycles. The minimum absolute atomic E-state index is 0.250. The molecular formula is C19H25N5O2. The first-order valence-electron chi connectivity index (χ1n) is 8.39. The van der Waals surface area contributed by atoms with Crippen molar-refractivity contribution in [3.8, 4) is 0 Å². The number of likely N-dealkylation sites (N-methyl/N-ethyl adjacent to an activating group) is 1. The lowest BCUT2D eigenvalue weighted by molar-refractivity contribution is -0.122. The van der Waals surface area contributed by atoms with Gasteiger partial charge in [-0.15, -0.1) is 0 Å². The molecule has 0 aliphatic rings. The molecule has 0 aliphatic heterocycles. The molecule has 0 unspecified atom stereocenters. The van der Waals surface area contributed by atoms with E-state index >= 15 is 0 Å². The smallest absolute Gasteiger partial charge is 0.290 e. The zero-order chi connectivity index (χ0) is 18.8. The van der Waals surface area contributed by atoms with Gasteiger partial charge in [0.05, 0.1) is 18.2 Å². The van der Waals surface area contributed by atoms with Gasteiger partial charge < -0.3 is 14.6 Å². The summed E-state index contributed by atoms with van der Waals surface area (Å²) in [5, 5.41) is 11.1. The second-order valence-corrected chi connectivity index (χ2v) is 6.11. The molecule has 7 nitrogen and oxygen atoms in total. The van der Waals surface area contributed by atoms with Crippen LogP contribution in [-0.4, -0.2) is 49.4 Å². The van der Waals surface area contributed by atoms with Crippen LogP contribution in [0.15, 0.2) is 55.2 Å². The quantitative estimate of drug-likeness (QED) is 0.657. The third-order valence-corrected chi connectivity index (χ3v) is 3.97. The zero-order valence-electron chi connectivity index (χ0n) is 15.2. The maximum absolute atomic E-state index is 8.36. The molecule has 3 aromatic rings. The highest BCUT2D eigenvalue weighted by Crippen LogP contribution is 2.09. The minimum Gasteiger partial charge on any atom is -0.483 e. The molecule has 0 saturated carbocycles. The Morgan fingerprint density at radius 1 is 1.19 bits per heavy atom. The molecule has 2 aromatic heterocycles. The van der Waals surface area contributed by atoms with Crippen LogP contribution in [0, 0.1) is 0 Å². The number of carboxylic acid groups (broad SMARTS) is 1. The Bertz CT molecular complexity index is 782. The highest BCUT2D eigenvalue weighted by Gasteiger charge is 2.07. The van der Waals surface area contributed by atoms with Crippen molar-refractivity contribution in [2.45, 2.75) is 19.5 Å². The molecule has 0 radical (unpaired) electrons. The molecule has 0 atom stereocenters. The van der Waals surface area contributed by atoms with Gasteiger partial charge in [0, 0.05) is 39.1 Å². The van der Waals surface area contributed by atoms with E-state index in [1.165, 1.54) is 16.8 Å². The van der Waals surface area contributed by atoms with Gasteiger partial charge in [0.2, 0.25) is 0 Å². The average molecular weight is 355 g/mol. The summed E-state index contributed by atoms with van der Waals surface area (Å²) in [4.78, 5) is 15.0. The molecule has 1 N–H and O–H groups in total. The largest absolute Gasteiger partial charge is 0.483 e. The average Bonchev–Trinajstić information content (AvgIpc) is 3.24. The van der Waals surface area contributed by atoms with E-state index in [4.69, 9.17) is 9.90 Å². The number of benzene rings is 1. The van der Waals surface area contributed by atoms with Crippen molar-refractivity contribution in [1.82, 2.24) is 24.2 Å². The van der Waals surface area contributed by atoms with Gasteiger partial charge in [0.25, 0.3) is 6.47 Å². The predicted molar refractivity (Wildman–Crippen MR) is 99.7 cm³/mol. The van der Waals surface area contributed by atoms with Crippen LogP contribution in [0.5, 0.6) is 0 Å². The zero-order valence-corrected chi connectivity index (χ0v) is 15.2. The Morgan fingerprint density at radius 2 is 1.92 bits per heavy atom. The third kappa shape index (κ3) is 6.18. The third-order valence-electron chi connectivity index (χ3n) is 3.97. The number of hydrogen-bond donors (Lipinski definition) is 1. The lowest BCUT2D eigenvalue weighted by atomic mass is 10.2. The van der Waals surface area contributed by atoms with Crippen molar-refractivity contribution in [2.75, 3.05) is 13.6 Å². The highest BCUT2D eigenvalue weighted by atomic mass is 16.3. The Morgan fingerprint density at radius 3 is 2.58 bits per heavy atom. The topological polar surface area (TPSA) is 76.2 Å². The molecule has 26 heavy (non-hydrogen) atoms. The van der Waals surface area contributed by atoms with E-state index in [1.807, 2.05) is 36.5 Å². The van der Waals surface area contributed by atoms with E-state index < -0.39 is 0 Å². The summed E-state index contributed by atoms with van der Waals surface area (Å²) < 4.78 is 4.07. The fourth-order valence-corrected chi connectivity index (χ4v) is 2.68. The Kier molecular flexibility index (Phi) is 7.57. The first-order valence-corrected chi connectivity index (χ1v) is 8.39. The van der Waals surface area contributed by atoms with Crippen molar-refractivity contribution in [3.63, 3.8) is 0 Å². The van der Waals surface area contributed by atoms with Gasteiger partial charge in [-0.1, -0.05) is 30.3 Å². The molecule has 0 saturated heterocycles. The lowest BCUT2D eigenvalue weighted by Gasteiger charge is -2.17. The van der Waals surface area contributed by atoms with E-state index in [0.717, 1.165) is 26.1 Å². The number of aromatic nitrogens is 4. The van der Waals surface area contributed by atoms with Gasteiger partial charge in [-0.25, -0.2) is 4.98 Å². The number of hydrogen-bond acceptors (Lipinski definition) is 4. The van der Waals surface area contributed by atoms with Gasteiger partial charge in [-0.3, -0.25) is 9.48 Å². The van der Waals surface area contributed by atoms with E-state index in [9.17, 15) is 0 Å². The Hall–Kier alpha value is -2.93. The summed E-state index contributed by atoms with van der Waals surface area (Å²) in [5.41, 5.74) is 3.81. The van der Waals surface area contributed by atoms with E-state index in [2.05, 4.69) is 57.1 Å². The molecule has 0 aliphatic carbocycles. The van der Waals surface area contributed by atoms with Gasteiger partial charge >= 0.3 is 0 Å². The second kappa shape index (κ2) is 10.1. The predicted octanol–water partition coefficient (Wildman–Crippen LogP) is 2.04. The van der Waals surface area contributed by atoms with Crippen LogP contribution >= 0.6 is 0 Å². The minimum atomic E-state index is -0.250. The van der Waals surface area contributed by atoms with Crippen molar-refractivity contribution in [1.29, 1.82) is 0 Å². The van der Waals surface area contributed by atoms with Crippen molar-refractivity contribution >= 4 is 6.47 Å². The molecule has 3 rings (SSSR count). The van der Waals surface area contributed by atoms with Crippen LogP contribution in [0.25, 0.3) is 0 Å². The molecule has 0 bridgehead atoms. The standard InChI is InChI=1S/C18H23N5.CH2O2/c1-21(9-8-17-10-20-22(2)12-17)14-18-11-19-15-23(18)13-16-6-4-3-5-7-16;2-1-3/h3-7,10-12,15H,8-9,13-14H2,1-2H3;1H,(H,2,3). The maximum atomic E-state index is 8.36. The van der Waals surface area contributed by atoms with Gasteiger partial charge in [-0.2, -0.15) is 5.10 Å². The molecule has 0 amide bonds. The number of nitrogens with zero attached hydrogens (tertiary/aromatic N) is 5. The summed E-state index contributed by atoms with van der Waals surface area (Å²) in [6.45, 7) is 2.52. The maximum Gasteiger partial charge on any atom is 0.290 e. The Balaban J connectivity index is 0.000000758. The first kappa shape index (κ1) is 19.4. The highest BCUT2D eigenvalue weighted by molar-refractivity contribution is 5.32. The molecule has 0 spiro atoms. The van der Waals surface area contributed by atoms with Crippen LogP contribution < -0.4 is 0 Å². The van der Waals surface area contributed by atoms with Crippen LogP contribution in [0.1, 0.15) is 16.8 Å². The van der Waals surface area contributed by atoms with Crippen molar-refractivity contribution < 1.29 is 9.90 Å². The summed E-state index contributed by atoms with van der Waals surface area (Å²) in [5.74, 6) is 0.